The predicted molar refractivity (Wildman–Crippen MR) is 67.4 cm³/mol. The average Bonchev–Trinajstić information content (AvgIpc) is 2.93. The number of nitrogens with zero attached hydrogens (tertiary/aromatic N) is 3. The third-order valence-electron chi connectivity index (χ3n) is 3.17. The van der Waals surface area contributed by atoms with Crippen molar-refractivity contribution in [2.75, 3.05) is 13.1 Å². The Morgan fingerprint density at radius 3 is 2.75 bits per heavy atom. The van der Waals surface area contributed by atoms with E-state index in [-0.39, 0.29) is 12.5 Å². The van der Waals surface area contributed by atoms with Crippen LogP contribution < -0.4 is 10.6 Å². The van der Waals surface area contributed by atoms with Crippen LogP contribution in [-0.2, 0) is 16.0 Å². The number of H-pyrrole nitrogens is 1. The van der Waals surface area contributed by atoms with E-state index in [1.807, 2.05) is 0 Å². The van der Waals surface area contributed by atoms with E-state index in [0.717, 1.165) is 5.69 Å². The Kier molecular flexibility index (Phi) is 3.68. The Morgan fingerprint density at radius 1 is 1.45 bits per heavy atom. The molecule has 1 fully saturated rings. The summed E-state index contributed by atoms with van der Waals surface area (Å²) >= 11 is 0. The zero-order valence-corrected chi connectivity index (χ0v) is 11.3. The smallest absolute Gasteiger partial charge is 0.325 e. The fraction of sp³-hybridized carbons (Fsp3) is 0.545. The molecular formula is C11H16N6O3. The Balaban J connectivity index is 1.82. The van der Waals surface area contributed by atoms with Crippen LogP contribution in [0, 0.1) is 0 Å². The molecule has 1 saturated heterocycles. The van der Waals surface area contributed by atoms with Crippen molar-refractivity contribution in [3.63, 3.8) is 0 Å². The van der Waals surface area contributed by atoms with Crippen molar-refractivity contribution in [2.24, 2.45) is 0 Å². The molecule has 1 aliphatic rings. The van der Waals surface area contributed by atoms with Gasteiger partial charge in [0.05, 0.1) is 11.9 Å². The minimum Gasteiger partial charge on any atom is -0.354 e. The van der Waals surface area contributed by atoms with Crippen molar-refractivity contribution in [2.45, 2.75) is 25.8 Å². The molecule has 0 radical (unpaired) electrons. The number of aromatic amines is 1. The van der Waals surface area contributed by atoms with Gasteiger partial charge < -0.3 is 10.2 Å². The summed E-state index contributed by atoms with van der Waals surface area (Å²) < 4.78 is 0. The van der Waals surface area contributed by atoms with Gasteiger partial charge in [0, 0.05) is 13.0 Å². The van der Waals surface area contributed by atoms with Gasteiger partial charge in [-0.15, -0.1) is 0 Å². The van der Waals surface area contributed by atoms with Crippen molar-refractivity contribution < 1.29 is 14.4 Å². The van der Waals surface area contributed by atoms with Gasteiger partial charge in [-0.1, -0.05) is 0 Å². The van der Waals surface area contributed by atoms with Gasteiger partial charge in [-0.05, 0) is 13.8 Å². The molecule has 108 valence electrons. The zero-order chi connectivity index (χ0) is 14.8. The number of imide groups is 1. The molecule has 1 aromatic heterocycles. The Hall–Kier alpha value is -2.45. The van der Waals surface area contributed by atoms with E-state index in [4.69, 9.17) is 0 Å². The number of amides is 4. The Labute approximate surface area is 115 Å². The van der Waals surface area contributed by atoms with Gasteiger partial charge >= 0.3 is 6.03 Å². The number of aromatic nitrogens is 3. The molecule has 2 rings (SSSR count). The van der Waals surface area contributed by atoms with E-state index in [1.165, 1.54) is 4.90 Å². The van der Waals surface area contributed by atoms with Crippen molar-refractivity contribution >= 4 is 17.8 Å². The number of carbonyl (C=O) groups excluding carboxylic acids is 3. The highest BCUT2D eigenvalue weighted by molar-refractivity contribution is 6.07. The minimum absolute atomic E-state index is 0.163. The molecular weight excluding hydrogens is 264 g/mol. The molecule has 1 aliphatic heterocycles. The highest BCUT2D eigenvalue weighted by atomic mass is 16.2. The number of carbonyl (C=O) groups is 3. The van der Waals surface area contributed by atoms with Crippen LogP contribution >= 0.6 is 0 Å². The van der Waals surface area contributed by atoms with E-state index in [1.54, 1.807) is 20.0 Å². The summed E-state index contributed by atoms with van der Waals surface area (Å²) in [6.07, 6.45) is 2.11. The molecule has 1 aromatic rings. The second kappa shape index (κ2) is 5.27. The second-order valence-corrected chi connectivity index (χ2v) is 4.97. The fourth-order valence-electron chi connectivity index (χ4n) is 1.84. The van der Waals surface area contributed by atoms with Crippen LogP contribution in [0.15, 0.2) is 6.20 Å². The first kappa shape index (κ1) is 14.0. The van der Waals surface area contributed by atoms with Gasteiger partial charge in [0.15, 0.2) is 0 Å². The maximum atomic E-state index is 11.8. The monoisotopic (exact) mass is 280 g/mol. The lowest BCUT2D eigenvalue weighted by Crippen LogP contribution is -2.49. The Bertz CT molecular complexity index is 524. The molecule has 0 saturated carbocycles. The molecule has 0 spiro atoms. The molecule has 0 aromatic carbocycles. The maximum Gasteiger partial charge on any atom is 0.325 e. The van der Waals surface area contributed by atoms with E-state index >= 15 is 0 Å². The molecule has 2 heterocycles. The summed E-state index contributed by atoms with van der Waals surface area (Å²) in [6, 6.07) is -0.549. The first-order chi connectivity index (χ1) is 9.41. The standard InChI is InChI=1S/C11H16N6O3/c1-11(2)9(19)14-10(20)17(11)6-8(18)12-4-3-7-5-13-16-15-7/h5H,3-4,6H2,1-2H3,(H,12,18)(H,13,15,16)(H,14,19,20). The van der Waals surface area contributed by atoms with Gasteiger partial charge in [0.1, 0.15) is 12.1 Å². The maximum absolute atomic E-state index is 11.8. The van der Waals surface area contributed by atoms with E-state index in [0.29, 0.717) is 13.0 Å². The van der Waals surface area contributed by atoms with Crippen molar-refractivity contribution in [3.8, 4) is 0 Å². The van der Waals surface area contributed by atoms with Crippen LogP contribution in [0.1, 0.15) is 19.5 Å². The Morgan fingerprint density at radius 2 is 2.20 bits per heavy atom. The lowest BCUT2D eigenvalue weighted by atomic mass is 10.0. The number of hydrogen-bond donors (Lipinski definition) is 3. The number of nitrogens with one attached hydrogen (secondary N) is 3. The van der Waals surface area contributed by atoms with Gasteiger partial charge in [-0.2, -0.15) is 15.4 Å². The molecule has 0 aliphatic carbocycles. The SMILES string of the molecule is CC1(C)C(=O)NC(=O)N1CC(=O)NCCc1cn[nH]n1. The van der Waals surface area contributed by atoms with Gasteiger partial charge in [-0.3, -0.25) is 14.9 Å². The first-order valence-corrected chi connectivity index (χ1v) is 6.15. The first-order valence-electron chi connectivity index (χ1n) is 6.15. The lowest BCUT2D eigenvalue weighted by Gasteiger charge is -2.27. The second-order valence-electron chi connectivity index (χ2n) is 4.97. The predicted octanol–water partition coefficient (Wildman–Crippen LogP) is -1.21. The van der Waals surface area contributed by atoms with E-state index in [9.17, 15) is 14.4 Å². The molecule has 9 nitrogen and oxygen atoms in total. The summed E-state index contributed by atoms with van der Waals surface area (Å²) in [5, 5.41) is 14.8. The van der Waals surface area contributed by atoms with Crippen LogP contribution in [0.2, 0.25) is 0 Å². The van der Waals surface area contributed by atoms with Crippen LogP contribution in [0.25, 0.3) is 0 Å². The third kappa shape index (κ3) is 2.76. The lowest BCUT2D eigenvalue weighted by molar-refractivity contribution is -0.127. The van der Waals surface area contributed by atoms with Crippen molar-refractivity contribution in [1.82, 2.24) is 30.9 Å². The van der Waals surface area contributed by atoms with Crippen LogP contribution in [0.4, 0.5) is 4.79 Å². The molecule has 0 atom stereocenters. The summed E-state index contributed by atoms with van der Waals surface area (Å²) in [7, 11) is 0. The van der Waals surface area contributed by atoms with Crippen LogP contribution in [0.5, 0.6) is 0 Å². The fourth-order valence-corrected chi connectivity index (χ4v) is 1.84. The summed E-state index contributed by atoms with van der Waals surface area (Å²) in [5.74, 6) is -0.732. The van der Waals surface area contributed by atoms with Gasteiger partial charge in [0.2, 0.25) is 5.91 Å². The minimum atomic E-state index is -1.01. The normalized spacial score (nSPS) is 17.2. The molecule has 0 unspecified atom stereocenters. The van der Waals surface area contributed by atoms with Gasteiger partial charge in [-0.25, -0.2) is 4.79 Å². The number of hydrogen-bond acceptors (Lipinski definition) is 5. The highest BCUT2D eigenvalue weighted by Gasteiger charge is 2.46. The molecule has 20 heavy (non-hydrogen) atoms. The third-order valence-corrected chi connectivity index (χ3v) is 3.17. The summed E-state index contributed by atoms with van der Waals surface area (Å²) in [6.45, 7) is 3.41. The molecule has 0 bridgehead atoms. The topological polar surface area (TPSA) is 120 Å². The highest BCUT2D eigenvalue weighted by Crippen LogP contribution is 2.19. The summed E-state index contributed by atoms with van der Waals surface area (Å²) in [5.41, 5.74) is -0.278. The number of urea groups is 1. The molecule has 4 amide bonds. The molecule has 3 N–H and O–H groups in total. The molecule has 9 heteroatoms. The van der Waals surface area contributed by atoms with Crippen LogP contribution in [0.3, 0.4) is 0 Å². The van der Waals surface area contributed by atoms with Crippen molar-refractivity contribution in [1.29, 1.82) is 0 Å². The quantitative estimate of drug-likeness (QED) is 0.585. The zero-order valence-electron chi connectivity index (χ0n) is 11.3. The number of rotatable bonds is 5. The van der Waals surface area contributed by atoms with E-state index < -0.39 is 17.5 Å². The average molecular weight is 280 g/mol. The summed E-state index contributed by atoms with van der Waals surface area (Å²) in [4.78, 5) is 36.1. The largest absolute Gasteiger partial charge is 0.354 e. The van der Waals surface area contributed by atoms with Crippen molar-refractivity contribution in [3.05, 3.63) is 11.9 Å². The van der Waals surface area contributed by atoms with Gasteiger partial charge in [0.25, 0.3) is 5.91 Å². The van der Waals surface area contributed by atoms with E-state index in [2.05, 4.69) is 26.0 Å². The van der Waals surface area contributed by atoms with Crippen LogP contribution in [-0.4, -0.2) is 56.8 Å².